The molecule has 5 nitrogen and oxygen atoms in total. The van der Waals surface area contributed by atoms with Gasteiger partial charge in [0, 0.05) is 33.1 Å². The van der Waals surface area contributed by atoms with Crippen molar-refractivity contribution in [2.24, 2.45) is 0 Å². The van der Waals surface area contributed by atoms with Crippen LogP contribution in [-0.2, 0) is 4.79 Å². The Labute approximate surface area is 191 Å². The lowest BCUT2D eigenvalue weighted by molar-refractivity contribution is -0.111. The molecule has 0 atom stereocenters. The number of methoxy groups -OCH3 is 1. The van der Waals surface area contributed by atoms with Crippen LogP contribution in [0.2, 0.25) is 0 Å². The van der Waals surface area contributed by atoms with Gasteiger partial charge in [0.2, 0.25) is 5.91 Å². The van der Waals surface area contributed by atoms with E-state index in [1.54, 1.807) is 49.6 Å². The highest BCUT2D eigenvalue weighted by Crippen LogP contribution is 2.33. The number of ether oxygens (including phenoxy) is 1. The van der Waals surface area contributed by atoms with Gasteiger partial charge in [0.1, 0.15) is 5.75 Å². The number of hydrogen-bond acceptors (Lipinski definition) is 3. The Balaban J connectivity index is 1.62. The predicted molar refractivity (Wildman–Crippen MR) is 127 cm³/mol. The Hall–Kier alpha value is -2.90. The van der Waals surface area contributed by atoms with Crippen molar-refractivity contribution in [1.82, 2.24) is 0 Å². The summed E-state index contributed by atoms with van der Waals surface area (Å²) in [6.07, 6.45) is 3.11. The lowest BCUT2D eigenvalue weighted by atomic mass is 10.2. The van der Waals surface area contributed by atoms with Crippen molar-refractivity contribution >= 4 is 61.1 Å². The molecule has 0 aromatic heterocycles. The Morgan fingerprint density at radius 1 is 0.900 bits per heavy atom. The average molecular weight is 530 g/mol. The van der Waals surface area contributed by atoms with Gasteiger partial charge in [0.25, 0.3) is 5.91 Å². The summed E-state index contributed by atoms with van der Waals surface area (Å²) >= 11 is 6.86. The van der Waals surface area contributed by atoms with Crippen molar-refractivity contribution in [3.63, 3.8) is 0 Å². The van der Waals surface area contributed by atoms with E-state index in [-0.39, 0.29) is 11.8 Å². The maximum absolute atomic E-state index is 12.3. The van der Waals surface area contributed by atoms with Gasteiger partial charge in [-0.3, -0.25) is 9.59 Å². The molecule has 0 saturated heterocycles. The molecule has 3 aromatic rings. The van der Waals surface area contributed by atoms with E-state index in [0.29, 0.717) is 22.7 Å². The van der Waals surface area contributed by atoms with Crippen molar-refractivity contribution in [3.05, 3.63) is 92.9 Å². The molecule has 0 spiro atoms. The number of amides is 2. The molecule has 0 radical (unpaired) electrons. The molecule has 3 rings (SSSR count). The second kappa shape index (κ2) is 10.2. The van der Waals surface area contributed by atoms with Crippen molar-refractivity contribution < 1.29 is 14.3 Å². The van der Waals surface area contributed by atoms with Crippen LogP contribution in [0.5, 0.6) is 5.75 Å². The highest BCUT2D eigenvalue weighted by Gasteiger charge is 2.08. The molecule has 0 saturated carbocycles. The van der Waals surface area contributed by atoms with E-state index in [0.717, 1.165) is 14.5 Å². The summed E-state index contributed by atoms with van der Waals surface area (Å²) in [7, 11) is 1.57. The topological polar surface area (TPSA) is 67.4 Å². The van der Waals surface area contributed by atoms with Crippen LogP contribution in [0.3, 0.4) is 0 Å². The van der Waals surface area contributed by atoms with Crippen LogP contribution in [-0.4, -0.2) is 18.9 Å². The van der Waals surface area contributed by atoms with E-state index in [1.807, 2.05) is 30.3 Å². The molecule has 30 heavy (non-hydrogen) atoms. The van der Waals surface area contributed by atoms with Gasteiger partial charge >= 0.3 is 0 Å². The quantitative estimate of drug-likeness (QED) is 0.378. The Morgan fingerprint density at radius 2 is 1.53 bits per heavy atom. The average Bonchev–Trinajstić information content (AvgIpc) is 2.74. The highest BCUT2D eigenvalue weighted by molar-refractivity contribution is 9.11. The maximum atomic E-state index is 12.3. The van der Waals surface area contributed by atoms with Crippen LogP contribution in [0, 0.1) is 0 Å². The van der Waals surface area contributed by atoms with E-state index in [4.69, 9.17) is 4.74 Å². The highest BCUT2D eigenvalue weighted by atomic mass is 79.9. The molecule has 0 fully saturated rings. The van der Waals surface area contributed by atoms with Crippen LogP contribution in [0.15, 0.2) is 81.8 Å². The van der Waals surface area contributed by atoms with Crippen molar-refractivity contribution in [1.29, 1.82) is 0 Å². The minimum absolute atomic E-state index is 0.190. The summed E-state index contributed by atoms with van der Waals surface area (Å²) in [5, 5.41) is 5.61. The molecule has 0 aliphatic carbocycles. The number of nitrogens with one attached hydrogen (secondary N) is 2. The zero-order valence-corrected chi connectivity index (χ0v) is 19.2. The number of hydrogen-bond donors (Lipinski definition) is 2. The molecule has 2 amide bonds. The van der Waals surface area contributed by atoms with Crippen LogP contribution in [0.25, 0.3) is 6.08 Å². The third-order valence-corrected chi connectivity index (χ3v) is 5.15. The summed E-state index contributed by atoms with van der Waals surface area (Å²) in [6.45, 7) is 0. The second-order valence-electron chi connectivity index (χ2n) is 6.23. The number of carbonyl (C=O) groups excluding carboxylic acids is 2. The lowest BCUT2D eigenvalue weighted by Gasteiger charge is -2.09. The van der Waals surface area contributed by atoms with E-state index in [9.17, 15) is 9.59 Å². The van der Waals surface area contributed by atoms with Gasteiger partial charge in [0.05, 0.1) is 11.6 Å². The molecule has 0 aliphatic heterocycles. The summed E-state index contributed by atoms with van der Waals surface area (Å²) < 4.78 is 7.02. The van der Waals surface area contributed by atoms with Crippen molar-refractivity contribution in [3.8, 4) is 5.75 Å². The SMILES string of the molecule is COc1c(Br)cc(Br)cc1C=CC(=O)Nc1ccc(NC(=O)c2ccccc2)cc1. The van der Waals surface area contributed by atoms with E-state index in [2.05, 4.69) is 42.5 Å². The van der Waals surface area contributed by atoms with Gasteiger partial charge in [-0.1, -0.05) is 34.1 Å². The summed E-state index contributed by atoms with van der Waals surface area (Å²) in [5.41, 5.74) is 2.59. The van der Waals surface area contributed by atoms with Crippen LogP contribution < -0.4 is 15.4 Å². The molecule has 0 aliphatic rings. The van der Waals surface area contributed by atoms with Gasteiger partial charge in [-0.15, -0.1) is 0 Å². The first-order valence-electron chi connectivity index (χ1n) is 8.95. The Morgan fingerprint density at radius 3 is 2.17 bits per heavy atom. The van der Waals surface area contributed by atoms with E-state index in [1.165, 1.54) is 6.08 Å². The first-order valence-corrected chi connectivity index (χ1v) is 10.5. The number of rotatable bonds is 6. The van der Waals surface area contributed by atoms with Crippen LogP contribution in [0.4, 0.5) is 11.4 Å². The zero-order valence-electron chi connectivity index (χ0n) is 16.0. The molecule has 7 heteroatoms. The molecule has 0 bridgehead atoms. The molecule has 2 N–H and O–H groups in total. The third kappa shape index (κ3) is 5.81. The third-order valence-electron chi connectivity index (χ3n) is 4.10. The Bertz CT molecular complexity index is 1080. The predicted octanol–water partition coefficient (Wildman–Crippen LogP) is 6.12. The first-order chi connectivity index (χ1) is 14.5. The first kappa shape index (κ1) is 21.8. The molecular weight excluding hydrogens is 512 g/mol. The van der Waals surface area contributed by atoms with Crippen molar-refractivity contribution in [2.75, 3.05) is 17.7 Å². The van der Waals surface area contributed by atoms with Gasteiger partial charge in [-0.25, -0.2) is 0 Å². The molecule has 0 unspecified atom stereocenters. The van der Waals surface area contributed by atoms with Crippen molar-refractivity contribution in [2.45, 2.75) is 0 Å². The van der Waals surface area contributed by atoms with E-state index < -0.39 is 0 Å². The fourth-order valence-corrected chi connectivity index (χ4v) is 4.12. The smallest absolute Gasteiger partial charge is 0.255 e. The van der Waals surface area contributed by atoms with Gasteiger partial charge in [-0.2, -0.15) is 0 Å². The summed E-state index contributed by atoms with van der Waals surface area (Å²) in [5.74, 6) is 0.166. The standard InChI is InChI=1S/C23H18Br2N2O3/c1-30-22-16(13-17(24)14-20(22)25)7-12-21(28)26-18-8-10-19(11-9-18)27-23(29)15-5-3-2-4-6-15/h2-14H,1H3,(H,26,28)(H,27,29). The maximum Gasteiger partial charge on any atom is 0.255 e. The normalized spacial score (nSPS) is 10.6. The fourth-order valence-electron chi connectivity index (χ4n) is 2.70. The molecular formula is C23H18Br2N2O3. The van der Waals surface area contributed by atoms with Gasteiger partial charge < -0.3 is 15.4 Å². The summed E-state index contributed by atoms with van der Waals surface area (Å²) in [4.78, 5) is 24.5. The summed E-state index contributed by atoms with van der Waals surface area (Å²) in [6, 6.07) is 19.6. The van der Waals surface area contributed by atoms with Gasteiger partial charge in [0.15, 0.2) is 0 Å². The molecule has 0 heterocycles. The molecule has 3 aromatic carbocycles. The zero-order chi connectivity index (χ0) is 21.5. The molecule has 152 valence electrons. The minimum atomic E-state index is -0.283. The fraction of sp³-hybridized carbons (Fsp3) is 0.0435. The van der Waals surface area contributed by atoms with Crippen LogP contribution in [0.1, 0.15) is 15.9 Å². The number of carbonyl (C=O) groups is 2. The van der Waals surface area contributed by atoms with Crippen LogP contribution >= 0.6 is 31.9 Å². The number of anilines is 2. The second-order valence-corrected chi connectivity index (χ2v) is 8.00. The number of benzene rings is 3. The number of halogens is 2. The van der Waals surface area contributed by atoms with Gasteiger partial charge in [-0.05, 0) is 70.5 Å². The Kier molecular flexibility index (Phi) is 7.43. The lowest BCUT2D eigenvalue weighted by Crippen LogP contribution is -2.12. The monoisotopic (exact) mass is 528 g/mol. The minimum Gasteiger partial charge on any atom is -0.495 e. The van der Waals surface area contributed by atoms with E-state index >= 15 is 0 Å². The largest absolute Gasteiger partial charge is 0.495 e.